The third-order valence-electron chi connectivity index (χ3n) is 3.93. The van der Waals surface area contributed by atoms with E-state index < -0.39 is 0 Å². The van der Waals surface area contributed by atoms with E-state index in [1.54, 1.807) is 24.9 Å². The number of rotatable bonds is 2. The third kappa shape index (κ3) is 2.44. The van der Waals surface area contributed by atoms with Crippen molar-refractivity contribution in [1.29, 1.82) is 0 Å². The first-order valence-corrected chi connectivity index (χ1v) is 9.02. The van der Waals surface area contributed by atoms with E-state index in [2.05, 4.69) is 45.1 Å². The van der Waals surface area contributed by atoms with Gasteiger partial charge in [-0.05, 0) is 46.3 Å². The van der Waals surface area contributed by atoms with Crippen LogP contribution in [0.2, 0.25) is 0 Å². The molecule has 0 unspecified atom stereocenters. The van der Waals surface area contributed by atoms with Gasteiger partial charge in [0.2, 0.25) is 0 Å². The molecule has 0 amide bonds. The number of ether oxygens (including phenoxy) is 1. The zero-order valence-electron chi connectivity index (χ0n) is 12.9. The van der Waals surface area contributed by atoms with Crippen LogP contribution in [0.4, 0.5) is 17.1 Å². The summed E-state index contributed by atoms with van der Waals surface area (Å²) in [5, 5.41) is 10.7. The van der Waals surface area contributed by atoms with Crippen LogP contribution in [0, 0.1) is 0 Å². The minimum atomic E-state index is 0.187. The van der Waals surface area contributed by atoms with Crippen LogP contribution in [0.25, 0.3) is 0 Å². The Balaban J connectivity index is 2.01. The quantitative estimate of drug-likeness (QED) is 0.441. The lowest BCUT2D eigenvalue weighted by molar-refractivity contribution is 0.412. The molecule has 3 aromatic rings. The van der Waals surface area contributed by atoms with Crippen molar-refractivity contribution >= 4 is 44.8 Å². The van der Waals surface area contributed by atoms with Crippen LogP contribution in [0.1, 0.15) is 0 Å². The fraction of sp³-hybridized carbons (Fsp3) is 0.0526. The molecule has 5 heteroatoms. The first-order valence-electron chi connectivity index (χ1n) is 7.41. The normalized spacial score (nSPS) is 12.5. The molecule has 24 heavy (non-hydrogen) atoms. The highest BCUT2D eigenvalue weighted by Gasteiger charge is 2.27. The van der Waals surface area contributed by atoms with Crippen LogP contribution >= 0.6 is 27.7 Å². The zero-order valence-corrected chi connectivity index (χ0v) is 15.3. The summed E-state index contributed by atoms with van der Waals surface area (Å²) in [5.74, 6) is 0.871. The highest BCUT2D eigenvalue weighted by Crippen LogP contribution is 2.54. The summed E-state index contributed by atoms with van der Waals surface area (Å²) in [6.45, 7) is 0. The minimum absolute atomic E-state index is 0.187. The molecule has 1 heterocycles. The Kier molecular flexibility index (Phi) is 3.90. The molecule has 1 aliphatic heterocycles. The summed E-state index contributed by atoms with van der Waals surface area (Å²) in [4.78, 5) is 4.37. The second-order valence-corrected chi connectivity index (χ2v) is 7.29. The first-order chi connectivity index (χ1) is 11.7. The summed E-state index contributed by atoms with van der Waals surface area (Å²) in [6.07, 6.45) is 0. The van der Waals surface area contributed by atoms with E-state index in [1.165, 1.54) is 0 Å². The number of phenols is 1. The number of halogens is 1. The Bertz CT molecular complexity index is 883. The molecule has 0 saturated carbocycles. The van der Waals surface area contributed by atoms with Crippen LogP contribution in [-0.2, 0) is 0 Å². The van der Waals surface area contributed by atoms with Crippen LogP contribution in [0.3, 0.4) is 0 Å². The summed E-state index contributed by atoms with van der Waals surface area (Å²) in [5.41, 5.74) is 2.76. The minimum Gasteiger partial charge on any atom is -0.505 e. The lowest BCUT2D eigenvalue weighted by Gasteiger charge is -2.33. The van der Waals surface area contributed by atoms with Gasteiger partial charge in [0.25, 0.3) is 0 Å². The maximum Gasteiger partial charge on any atom is 0.154 e. The van der Waals surface area contributed by atoms with Crippen molar-refractivity contribution in [2.75, 3.05) is 12.0 Å². The average Bonchev–Trinajstić information content (AvgIpc) is 2.62. The lowest BCUT2D eigenvalue weighted by atomic mass is 10.1. The number of aromatic hydroxyl groups is 1. The van der Waals surface area contributed by atoms with Gasteiger partial charge in [0, 0.05) is 15.9 Å². The number of hydrogen-bond donors (Lipinski definition) is 1. The lowest BCUT2D eigenvalue weighted by Crippen LogP contribution is -2.15. The number of nitrogens with zero attached hydrogens (tertiary/aromatic N) is 1. The van der Waals surface area contributed by atoms with Crippen LogP contribution < -0.4 is 9.64 Å². The molecule has 0 aromatic heterocycles. The Labute approximate surface area is 153 Å². The molecule has 0 fully saturated rings. The SMILES string of the molecule is COc1cc(Br)c(O)c(N2c3ccccc3Sc3ccccc32)c1. The molecule has 0 atom stereocenters. The standard InChI is InChI=1S/C19H14BrNO2S/c1-23-12-10-13(20)19(22)16(11-12)21-14-6-2-4-8-17(14)24-18-9-5-3-7-15(18)21/h2-11,22H,1H3. The molecule has 4 rings (SSSR count). The number of methoxy groups -OCH3 is 1. The van der Waals surface area contributed by atoms with Gasteiger partial charge in [-0.25, -0.2) is 0 Å². The van der Waals surface area contributed by atoms with Crippen molar-refractivity contribution in [2.45, 2.75) is 9.79 Å². The van der Waals surface area contributed by atoms with Crippen LogP contribution in [0.15, 0.2) is 74.9 Å². The molecule has 3 aromatic carbocycles. The molecule has 3 nitrogen and oxygen atoms in total. The monoisotopic (exact) mass is 399 g/mol. The van der Waals surface area contributed by atoms with Crippen molar-refractivity contribution in [3.8, 4) is 11.5 Å². The van der Waals surface area contributed by atoms with Gasteiger partial charge in [0.1, 0.15) is 5.75 Å². The Morgan fingerprint density at radius 3 is 2.08 bits per heavy atom. The second kappa shape index (κ2) is 6.07. The summed E-state index contributed by atoms with van der Waals surface area (Å²) < 4.78 is 5.99. The molecule has 0 spiro atoms. The zero-order chi connectivity index (χ0) is 16.7. The van der Waals surface area contributed by atoms with E-state index in [0.29, 0.717) is 15.9 Å². The predicted octanol–water partition coefficient (Wildman–Crippen LogP) is 6.10. The van der Waals surface area contributed by atoms with Crippen molar-refractivity contribution in [3.05, 3.63) is 65.1 Å². The van der Waals surface area contributed by atoms with Gasteiger partial charge < -0.3 is 14.7 Å². The number of phenolic OH excluding ortho intramolecular Hbond substituents is 1. The molecule has 0 radical (unpaired) electrons. The number of fused-ring (bicyclic) bond motifs is 2. The Morgan fingerprint density at radius 1 is 0.917 bits per heavy atom. The fourth-order valence-electron chi connectivity index (χ4n) is 2.81. The van der Waals surface area contributed by atoms with E-state index in [-0.39, 0.29) is 5.75 Å². The molecule has 0 saturated heterocycles. The van der Waals surface area contributed by atoms with Gasteiger partial charge in [-0.1, -0.05) is 36.0 Å². The summed E-state index contributed by atoms with van der Waals surface area (Å²) in [6, 6.07) is 20.0. The summed E-state index contributed by atoms with van der Waals surface area (Å²) in [7, 11) is 1.62. The van der Waals surface area contributed by atoms with Gasteiger partial charge in [0.15, 0.2) is 5.75 Å². The maximum atomic E-state index is 10.7. The highest BCUT2D eigenvalue weighted by atomic mass is 79.9. The summed E-state index contributed by atoms with van der Waals surface area (Å²) >= 11 is 5.16. The fourth-order valence-corrected chi connectivity index (χ4v) is 4.30. The van der Waals surface area contributed by atoms with Gasteiger partial charge in [0.05, 0.1) is 28.6 Å². The van der Waals surface area contributed by atoms with Crippen molar-refractivity contribution in [3.63, 3.8) is 0 Å². The third-order valence-corrected chi connectivity index (χ3v) is 5.66. The molecule has 120 valence electrons. The second-order valence-electron chi connectivity index (χ2n) is 5.35. The van der Waals surface area contributed by atoms with Crippen LogP contribution in [0.5, 0.6) is 11.5 Å². The molecular weight excluding hydrogens is 386 g/mol. The van der Waals surface area contributed by atoms with E-state index >= 15 is 0 Å². The molecule has 1 aliphatic rings. The predicted molar refractivity (Wildman–Crippen MR) is 101 cm³/mol. The molecule has 1 N–H and O–H groups in total. The van der Waals surface area contributed by atoms with Gasteiger partial charge in [-0.2, -0.15) is 0 Å². The number of anilines is 3. The Morgan fingerprint density at radius 2 is 1.50 bits per heavy atom. The van der Waals surface area contributed by atoms with Crippen LogP contribution in [-0.4, -0.2) is 12.2 Å². The molecule has 0 bridgehead atoms. The van der Waals surface area contributed by atoms with E-state index in [4.69, 9.17) is 4.74 Å². The Hall–Kier alpha value is -2.11. The highest BCUT2D eigenvalue weighted by molar-refractivity contribution is 9.10. The number of benzene rings is 3. The van der Waals surface area contributed by atoms with Crippen molar-refractivity contribution < 1.29 is 9.84 Å². The smallest absolute Gasteiger partial charge is 0.154 e. The molecular formula is C19H14BrNO2S. The van der Waals surface area contributed by atoms with E-state index in [1.807, 2.05) is 30.3 Å². The topological polar surface area (TPSA) is 32.7 Å². The van der Waals surface area contributed by atoms with Crippen molar-refractivity contribution in [2.24, 2.45) is 0 Å². The largest absolute Gasteiger partial charge is 0.505 e. The molecule has 0 aliphatic carbocycles. The van der Waals surface area contributed by atoms with Gasteiger partial charge in [-0.15, -0.1) is 0 Å². The van der Waals surface area contributed by atoms with Crippen molar-refractivity contribution in [1.82, 2.24) is 0 Å². The van der Waals surface area contributed by atoms with E-state index in [0.717, 1.165) is 21.2 Å². The van der Waals surface area contributed by atoms with E-state index in [9.17, 15) is 5.11 Å². The number of para-hydroxylation sites is 2. The average molecular weight is 400 g/mol. The first kappa shape index (κ1) is 15.4. The van der Waals surface area contributed by atoms with Gasteiger partial charge in [-0.3, -0.25) is 0 Å². The maximum absolute atomic E-state index is 10.7. The number of hydrogen-bond acceptors (Lipinski definition) is 4. The van der Waals surface area contributed by atoms with Gasteiger partial charge >= 0.3 is 0 Å².